The van der Waals surface area contributed by atoms with Gasteiger partial charge in [-0.1, -0.05) is 12.1 Å². The zero-order valence-electron chi connectivity index (χ0n) is 14.2. The van der Waals surface area contributed by atoms with Crippen molar-refractivity contribution in [2.75, 3.05) is 6.26 Å². The maximum atomic E-state index is 14.2. The van der Waals surface area contributed by atoms with Crippen LogP contribution in [0.2, 0.25) is 0 Å². The number of benzene rings is 2. The normalized spacial score (nSPS) is 11.6. The number of alkyl halides is 2. The minimum Gasteiger partial charge on any atom is -0.232 e. The molecule has 0 amide bonds. The van der Waals surface area contributed by atoms with E-state index < -0.39 is 38.5 Å². The molecule has 0 spiro atoms. The van der Waals surface area contributed by atoms with E-state index in [2.05, 4.69) is 5.10 Å². The molecule has 2 aromatic carbocycles. The summed E-state index contributed by atoms with van der Waals surface area (Å²) in [7, 11) is -4.17. The van der Waals surface area contributed by atoms with Gasteiger partial charge < -0.3 is 0 Å². The third kappa shape index (κ3) is 3.61. The Hall–Kier alpha value is -3.19. The molecular formula is C18H11F4N3O2S. The minimum atomic E-state index is -4.17. The average Bonchev–Trinajstić information content (AvgIpc) is 3.05. The molecule has 0 saturated carbocycles. The Morgan fingerprint density at radius 1 is 1.07 bits per heavy atom. The SMILES string of the molecule is CS(=O)(=O)c1c(F)cc(-n2nc(C(F)F)cc2-c2ccc(C#N)cc2)cc1F. The molecule has 0 bridgehead atoms. The molecule has 0 aliphatic carbocycles. The minimum absolute atomic E-state index is 0.0886. The van der Waals surface area contributed by atoms with Crippen molar-refractivity contribution in [2.24, 2.45) is 0 Å². The fraction of sp³-hybridized carbons (Fsp3) is 0.111. The fourth-order valence-electron chi connectivity index (χ4n) is 2.65. The molecule has 0 atom stereocenters. The lowest BCUT2D eigenvalue weighted by Crippen LogP contribution is -2.08. The first-order valence-corrected chi connectivity index (χ1v) is 9.59. The van der Waals surface area contributed by atoms with Gasteiger partial charge in [-0.2, -0.15) is 10.4 Å². The van der Waals surface area contributed by atoms with E-state index in [9.17, 15) is 26.0 Å². The standard InChI is InChI=1S/C18H11F4N3O2S/c1-28(26,27)17-13(19)6-12(7-14(17)20)25-16(8-15(24-25)18(21)22)11-4-2-10(9-23)3-5-11/h2-8,18H,1H3. The van der Waals surface area contributed by atoms with Crippen LogP contribution >= 0.6 is 0 Å². The molecule has 0 aliphatic rings. The molecule has 0 N–H and O–H groups in total. The van der Waals surface area contributed by atoms with Crippen molar-refractivity contribution in [3.63, 3.8) is 0 Å². The highest BCUT2D eigenvalue weighted by atomic mass is 32.2. The van der Waals surface area contributed by atoms with Crippen molar-refractivity contribution in [2.45, 2.75) is 11.3 Å². The van der Waals surface area contributed by atoms with E-state index in [1.165, 1.54) is 24.3 Å². The van der Waals surface area contributed by atoms with Crippen molar-refractivity contribution in [3.05, 3.63) is 65.4 Å². The molecule has 3 aromatic rings. The van der Waals surface area contributed by atoms with Crippen LogP contribution in [0.1, 0.15) is 17.7 Å². The van der Waals surface area contributed by atoms with Gasteiger partial charge in [0.05, 0.1) is 23.0 Å². The molecule has 0 fully saturated rings. The zero-order valence-corrected chi connectivity index (χ0v) is 15.0. The Balaban J connectivity index is 2.23. The molecule has 0 aliphatic heterocycles. The quantitative estimate of drug-likeness (QED) is 0.610. The van der Waals surface area contributed by atoms with Gasteiger partial charge >= 0.3 is 0 Å². The van der Waals surface area contributed by atoms with Crippen molar-refractivity contribution in [1.29, 1.82) is 5.26 Å². The number of halogens is 4. The lowest BCUT2D eigenvalue weighted by Gasteiger charge is -2.10. The van der Waals surface area contributed by atoms with Crippen LogP contribution in [0.5, 0.6) is 0 Å². The number of sulfone groups is 1. The van der Waals surface area contributed by atoms with E-state index in [0.29, 0.717) is 29.5 Å². The molecule has 0 radical (unpaired) electrons. The molecule has 3 rings (SSSR count). The molecule has 5 nitrogen and oxygen atoms in total. The maximum Gasteiger partial charge on any atom is 0.282 e. The summed E-state index contributed by atoms with van der Waals surface area (Å²) in [5.74, 6) is -2.73. The maximum absolute atomic E-state index is 14.2. The number of nitriles is 1. The summed E-state index contributed by atoms with van der Waals surface area (Å²) in [4.78, 5) is -1.11. The van der Waals surface area contributed by atoms with Crippen LogP contribution in [0.3, 0.4) is 0 Å². The van der Waals surface area contributed by atoms with Gasteiger partial charge in [0.2, 0.25) is 0 Å². The fourth-order valence-corrected chi connectivity index (χ4v) is 3.47. The van der Waals surface area contributed by atoms with E-state index in [4.69, 9.17) is 5.26 Å². The van der Waals surface area contributed by atoms with Gasteiger partial charge in [0.1, 0.15) is 22.2 Å². The van der Waals surface area contributed by atoms with E-state index >= 15 is 0 Å². The third-order valence-corrected chi connectivity index (χ3v) is 4.99. The van der Waals surface area contributed by atoms with Crippen LogP contribution in [0.25, 0.3) is 16.9 Å². The molecule has 1 aromatic heterocycles. The van der Waals surface area contributed by atoms with Crippen molar-refractivity contribution in [1.82, 2.24) is 9.78 Å². The van der Waals surface area contributed by atoms with Gasteiger partial charge in [-0.15, -0.1) is 0 Å². The lowest BCUT2D eigenvalue weighted by atomic mass is 10.1. The number of aromatic nitrogens is 2. The van der Waals surface area contributed by atoms with Gasteiger partial charge in [0, 0.05) is 24.0 Å². The summed E-state index contributed by atoms with van der Waals surface area (Å²) in [6.45, 7) is 0. The van der Waals surface area contributed by atoms with Crippen LogP contribution in [-0.2, 0) is 9.84 Å². The molecule has 28 heavy (non-hydrogen) atoms. The first-order chi connectivity index (χ1) is 13.1. The monoisotopic (exact) mass is 409 g/mol. The van der Waals surface area contributed by atoms with E-state index in [1.807, 2.05) is 6.07 Å². The number of nitrogens with zero attached hydrogens (tertiary/aromatic N) is 3. The topological polar surface area (TPSA) is 75.8 Å². The first-order valence-electron chi connectivity index (χ1n) is 7.70. The second-order valence-electron chi connectivity index (χ2n) is 5.87. The van der Waals surface area contributed by atoms with Crippen molar-refractivity contribution >= 4 is 9.84 Å². The molecule has 0 saturated heterocycles. The van der Waals surface area contributed by atoms with Gasteiger partial charge in [0.25, 0.3) is 6.43 Å². The molecule has 0 unspecified atom stereocenters. The highest BCUT2D eigenvalue weighted by Gasteiger charge is 2.23. The van der Waals surface area contributed by atoms with Crippen LogP contribution < -0.4 is 0 Å². The molecular weight excluding hydrogens is 398 g/mol. The predicted molar refractivity (Wildman–Crippen MR) is 91.7 cm³/mol. The summed E-state index contributed by atoms with van der Waals surface area (Å²) < 4.78 is 78.7. The van der Waals surface area contributed by atoms with Crippen LogP contribution in [0, 0.1) is 23.0 Å². The largest absolute Gasteiger partial charge is 0.282 e. The van der Waals surface area contributed by atoms with Gasteiger partial charge in [-0.05, 0) is 18.2 Å². The van der Waals surface area contributed by atoms with E-state index in [-0.39, 0.29) is 11.4 Å². The number of hydrogen-bond acceptors (Lipinski definition) is 4. The first kappa shape index (κ1) is 19.6. The Labute approximate surface area is 157 Å². The summed E-state index contributed by atoms with van der Waals surface area (Å²) in [6.07, 6.45) is -2.29. The summed E-state index contributed by atoms with van der Waals surface area (Å²) in [5, 5.41) is 12.6. The van der Waals surface area contributed by atoms with Crippen LogP contribution in [0.4, 0.5) is 17.6 Å². The third-order valence-electron chi connectivity index (χ3n) is 3.86. The highest BCUT2D eigenvalue weighted by molar-refractivity contribution is 7.90. The molecule has 1 heterocycles. The summed E-state index contributed by atoms with van der Waals surface area (Å²) in [5.41, 5.74) is -0.114. The smallest absolute Gasteiger partial charge is 0.232 e. The van der Waals surface area contributed by atoms with Gasteiger partial charge in [-0.3, -0.25) is 0 Å². The second kappa shape index (κ2) is 7.09. The van der Waals surface area contributed by atoms with Crippen molar-refractivity contribution < 1.29 is 26.0 Å². The second-order valence-corrected chi connectivity index (χ2v) is 7.82. The number of hydrogen-bond donors (Lipinski definition) is 0. The predicted octanol–water partition coefficient (Wildman–Crippen LogP) is 4.03. The highest BCUT2D eigenvalue weighted by Crippen LogP contribution is 2.30. The molecule has 10 heteroatoms. The van der Waals surface area contributed by atoms with Crippen LogP contribution in [-0.4, -0.2) is 24.5 Å². The Morgan fingerprint density at radius 2 is 1.64 bits per heavy atom. The van der Waals surface area contributed by atoms with Gasteiger partial charge in [0.15, 0.2) is 9.84 Å². The molecule has 144 valence electrons. The summed E-state index contributed by atoms with van der Waals surface area (Å²) in [6, 6.07) is 10.2. The van der Waals surface area contributed by atoms with E-state index in [1.54, 1.807) is 0 Å². The van der Waals surface area contributed by atoms with Crippen molar-refractivity contribution in [3.8, 4) is 23.0 Å². The van der Waals surface area contributed by atoms with E-state index in [0.717, 1.165) is 10.7 Å². The lowest BCUT2D eigenvalue weighted by molar-refractivity contribution is 0.145. The Kier molecular flexibility index (Phi) is 4.95. The van der Waals surface area contributed by atoms with Gasteiger partial charge in [-0.25, -0.2) is 30.7 Å². The zero-order chi connectivity index (χ0) is 20.6. The summed E-state index contributed by atoms with van der Waals surface area (Å²) >= 11 is 0. The number of rotatable bonds is 4. The average molecular weight is 409 g/mol. The Bertz CT molecular complexity index is 1170. The Morgan fingerprint density at radius 3 is 2.11 bits per heavy atom. The van der Waals surface area contributed by atoms with Crippen LogP contribution in [0.15, 0.2) is 47.4 Å².